The number of amides is 4. The number of halogens is 2. The fourth-order valence-corrected chi connectivity index (χ4v) is 3.17. The molecule has 0 spiro atoms. The first-order valence-corrected chi connectivity index (χ1v) is 9.44. The van der Waals surface area contributed by atoms with Gasteiger partial charge in [0.2, 0.25) is 0 Å². The van der Waals surface area contributed by atoms with Gasteiger partial charge in [0, 0.05) is 26.2 Å². The zero-order chi connectivity index (χ0) is 19.0. The van der Waals surface area contributed by atoms with Crippen LogP contribution in [0.15, 0.2) is 36.4 Å². The second-order valence-electron chi connectivity index (χ2n) is 6.64. The highest BCUT2D eigenvalue weighted by atomic mass is 35.5. The van der Waals surface area contributed by atoms with E-state index in [9.17, 15) is 9.59 Å². The van der Waals surface area contributed by atoms with Gasteiger partial charge in [-0.15, -0.1) is 0 Å². The van der Waals surface area contributed by atoms with Crippen LogP contribution in [0.4, 0.5) is 21.0 Å². The minimum atomic E-state index is -0.128. The summed E-state index contributed by atoms with van der Waals surface area (Å²) in [7, 11) is 0. The Balaban J connectivity index is 1.42. The van der Waals surface area contributed by atoms with E-state index in [1.807, 2.05) is 24.3 Å². The van der Waals surface area contributed by atoms with Crippen LogP contribution in [0, 0.1) is 0 Å². The van der Waals surface area contributed by atoms with E-state index >= 15 is 0 Å². The van der Waals surface area contributed by atoms with E-state index in [2.05, 4.69) is 10.6 Å². The van der Waals surface area contributed by atoms with Crippen LogP contribution in [0.2, 0.25) is 10.0 Å². The summed E-state index contributed by atoms with van der Waals surface area (Å²) in [6.07, 6.45) is 0.639. The molecule has 0 unspecified atom stereocenters. The van der Waals surface area contributed by atoms with Crippen molar-refractivity contribution in [2.45, 2.75) is 6.42 Å². The molecule has 2 aromatic carbocycles. The molecule has 4 amide bonds. The van der Waals surface area contributed by atoms with E-state index in [0.29, 0.717) is 27.8 Å². The number of rotatable bonds is 4. The monoisotopic (exact) mass is 404 g/mol. The number of anilines is 2. The molecule has 140 valence electrons. The van der Waals surface area contributed by atoms with Gasteiger partial charge in [-0.3, -0.25) is 0 Å². The normalized spacial score (nSPS) is 14.7. The van der Waals surface area contributed by atoms with Crippen molar-refractivity contribution < 1.29 is 9.59 Å². The van der Waals surface area contributed by atoms with Gasteiger partial charge in [-0.25, -0.2) is 9.59 Å². The number of hydrogen-bond donors (Lipinski definition) is 2. The minimum Gasteiger partial charge on any atom is -0.321 e. The number of carbonyl (C=O) groups excluding carboxylic acids is 2. The Kier molecular flexibility index (Phi) is 4.85. The molecule has 2 aliphatic rings. The van der Waals surface area contributed by atoms with Crippen molar-refractivity contribution in [2.24, 2.45) is 0 Å². The number of urea groups is 2. The van der Waals surface area contributed by atoms with E-state index in [0.717, 1.165) is 37.3 Å². The Morgan fingerprint density at radius 1 is 0.778 bits per heavy atom. The van der Waals surface area contributed by atoms with Crippen molar-refractivity contribution in [2.75, 3.05) is 36.8 Å². The lowest BCUT2D eigenvalue weighted by Gasteiger charge is -2.11. The van der Waals surface area contributed by atoms with Gasteiger partial charge in [0.25, 0.3) is 0 Å². The highest BCUT2D eigenvalue weighted by Gasteiger charge is 2.25. The summed E-state index contributed by atoms with van der Waals surface area (Å²) in [5, 5.41) is 6.60. The molecule has 0 aromatic heterocycles. The minimum absolute atomic E-state index is 0.128. The quantitative estimate of drug-likeness (QED) is 0.746. The number of nitrogens with zero attached hydrogens (tertiary/aromatic N) is 2. The number of hydrogen-bond acceptors (Lipinski definition) is 2. The summed E-state index contributed by atoms with van der Waals surface area (Å²) in [6, 6.07) is 10.9. The van der Waals surface area contributed by atoms with Crippen molar-refractivity contribution in [3.8, 4) is 0 Å². The average Bonchev–Trinajstić information content (AvgIpc) is 3.51. The Bertz CT molecular complexity index is 837. The predicted molar refractivity (Wildman–Crippen MR) is 107 cm³/mol. The molecule has 0 aliphatic carbocycles. The maximum Gasteiger partial charge on any atom is 0.322 e. The zero-order valence-electron chi connectivity index (χ0n) is 14.5. The number of benzene rings is 2. The van der Waals surface area contributed by atoms with Crippen molar-refractivity contribution in [1.82, 2.24) is 9.80 Å². The van der Waals surface area contributed by atoms with Gasteiger partial charge in [0.05, 0.1) is 21.4 Å². The summed E-state index contributed by atoms with van der Waals surface area (Å²) in [5.41, 5.74) is 3.20. The summed E-state index contributed by atoms with van der Waals surface area (Å²) in [6.45, 7) is 3.15. The van der Waals surface area contributed by atoms with Gasteiger partial charge in [0.1, 0.15) is 0 Å². The van der Waals surface area contributed by atoms with E-state index < -0.39 is 0 Å². The lowest BCUT2D eigenvalue weighted by Crippen LogP contribution is -2.18. The summed E-state index contributed by atoms with van der Waals surface area (Å²) < 4.78 is 0. The first kappa shape index (κ1) is 17.9. The largest absolute Gasteiger partial charge is 0.322 e. The second-order valence-corrected chi connectivity index (χ2v) is 7.45. The fraction of sp³-hybridized carbons (Fsp3) is 0.263. The highest BCUT2D eigenvalue weighted by molar-refractivity contribution is 6.34. The van der Waals surface area contributed by atoms with E-state index in [4.69, 9.17) is 23.2 Å². The molecule has 6 nitrogen and oxygen atoms in total. The fourth-order valence-electron chi connectivity index (χ4n) is 2.67. The average molecular weight is 405 g/mol. The smallest absolute Gasteiger partial charge is 0.321 e. The van der Waals surface area contributed by atoms with Gasteiger partial charge < -0.3 is 20.4 Å². The van der Waals surface area contributed by atoms with Crippen LogP contribution >= 0.6 is 23.2 Å². The maximum atomic E-state index is 11.8. The third-order valence-corrected chi connectivity index (χ3v) is 5.05. The molecule has 2 aromatic rings. The van der Waals surface area contributed by atoms with Crippen molar-refractivity contribution in [1.29, 1.82) is 0 Å². The van der Waals surface area contributed by atoms with Crippen LogP contribution in [0.1, 0.15) is 11.1 Å². The molecule has 0 radical (unpaired) electrons. The molecule has 27 heavy (non-hydrogen) atoms. The predicted octanol–water partition coefficient (Wildman–Crippen LogP) is 4.28. The number of carbonyl (C=O) groups is 2. The molecule has 2 aliphatic heterocycles. The van der Waals surface area contributed by atoms with Crippen LogP contribution in [0.3, 0.4) is 0 Å². The number of nitrogens with one attached hydrogen (secondary N) is 2. The summed E-state index contributed by atoms with van der Waals surface area (Å²) in [4.78, 5) is 27.0. The van der Waals surface area contributed by atoms with Crippen molar-refractivity contribution in [3.05, 3.63) is 57.6 Å². The van der Waals surface area contributed by atoms with Gasteiger partial charge in [-0.05, 0) is 41.8 Å². The summed E-state index contributed by atoms with van der Waals surface area (Å²) in [5.74, 6) is 0. The highest BCUT2D eigenvalue weighted by Crippen LogP contribution is 2.28. The van der Waals surface area contributed by atoms with Gasteiger partial charge in [0.15, 0.2) is 0 Å². The third-order valence-electron chi connectivity index (χ3n) is 4.43. The summed E-state index contributed by atoms with van der Waals surface area (Å²) >= 11 is 12.6. The van der Waals surface area contributed by atoms with Crippen LogP contribution in [-0.4, -0.2) is 48.0 Å². The zero-order valence-corrected chi connectivity index (χ0v) is 16.0. The van der Waals surface area contributed by atoms with Gasteiger partial charge in [-0.1, -0.05) is 35.3 Å². The molecule has 0 saturated carbocycles. The molecule has 8 heteroatoms. The van der Waals surface area contributed by atoms with Gasteiger partial charge in [-0.2, -0.15) is 0 Å². The van der Waals surface area contributed by atoms with Crippen LogP contribution < -0.4 is 10.6 Å². The Morgan fingerprint density at radius 2 is 1.19 bits per heavy atom. The molecule has 2 fully saturated rings. The third kappa shape index (κ3) is 4.46. The molecule has 0 atom stereocenters. The maximum absolute atomic E-state index is 11.8. The Hall–Kier alpha value is -2.44. The SMILES string of the molecule is O=C(Nc1ccc(Cc2ccc(NC(=O)N3CC3)c(Cl)c2)cc1Cl)N1CC1. The first-order valence-electron chi connectivity index (χ1n) is 8.68. The molecule has 2 heterocycles. The first-order chi connectivity index (χ1) is 13.0. The van der Waals surface area contributed by atoms with Gasteiger partial charge >= 0.3 is 12.1 Å². The van der Waals surface area contributed by atoms with Crippen LogP contribution in [-0.2, 0) is 6.42 Å². The van der Waals surface area contributed by atoms with E-state index in [-0.39, 0.29) is 12.1 Å². The van der Waals surface area contributed by atoms with Crippen molar-refractivity contribution in [3.63, 3.8) is 0 Å². The van der Waals surface area contributed by atoms with Crippen LogP contribution in [0.25, 0.3) is 0 Å². The molecule has 2 saturated heterocycles. The Morgan fingerprint density at radius 3 is 1.52 bits per heavy atom. The molecule has 0 bridgehead atoms. The molecule has 4 rings (SSSR count). The molecule has 2 N–H and O–H groups in total. The standard InChI is InChI=1S/C19H18Cl2N4O2/c20-14-10-12(1-3-16(14)22-18(26)24-5-6-24)9-13-2-4-17(15(21)11-13)23-19(27)25-7-8-25/h1-4,10-11H,5-9H2,(H,22,26)(H,23,27). The van der Waals surface area contributed by atoms with Crippen molar-refractivity contribution >= 4 is 46.6 Å². The second kappa shape index (κ2) is 7.29. The topological polar surface area (TPSA) is 64.2 Å². The lowest BCUT2D eigenvalue weighted by atomic mass is 10.0. The van der Waals surface area contributed by atoms with Crippen LogP contribution in [0.5, 0.6) is 0 Å². The molecular weight excluding hydrogens is 387 g/mol. The lowest BCUT2D eigenvalue weighted by molar-refractivity contribution is 0.241. The Labute approximate surface area is 167 Å². The van der Waals surface area contributed by atoms with E-state index in [1.165, 1.54) is 0 Å². The molecular formula is C19H18Cl2N4O2. The van der Waals surface area contributed by atoms with E-state index in [1.54, 1.807) is 21.9 Å².